The zero-order chi connectivity index (χ0) is 7.68. The van der Waals surface area contributed by atoms with Crippen molar-refractivity contribution in [3.8, 4) is 0 Å². The minimum absolute atomic E-state index is 0.0750. The predicted octanol–water partition coefficient (Wildman–Crippen LogP) is 1.33. The summed E-state index contributed by atoms with van der Waals surface area (Å²) in [5.74, 6) is 0.456. The Balaban J connectivity index is 1.99. The summed E-state index contributed by atoms with van der Waals surface area (Å²) in [5, 5.41) is 9.62. The molecule has 1 saturated heterocycles. The van der Waals surface area contributed by atoms with Crippen molar-refractivity contribution in [2.24, 2.45) is 5.92 Å². The summed E-state index contributed by atoms with van der Waals surface area (Å²) in [4.78, 5) is 0. The van der Waals surface area contributed by atoms with Crippen LogP contribution in [-0.4, -0.2) is 23.9 Å². The van der Waals surface area contributed by atoms with Crippen LogP contribution in [0, 0.1) is 5.92 Å². The zero-order valence-electron chi connectivity index (χ0n) is 6.83. The van der Waals surface area contributed by atoms with E-state index in [1.54, 1.807) is 0 Å². The monoisotopic (exact) mass is 156 g/mol. The molecule has 1 N–H and O–H groups in total. The van der Waals surface area contributed by atoms with Crippen molar-refractivity contribution in [3.05, 3.63) is 0 Å². The summed E-state index contributed by atoms with van der Waals surface area (Å²) in [6, 6.07) is 0. The molecule has 1 saturated carbocycles. The molecule has 0 spiro atoms. The third-order valence-electron chi connectivity index (χ3n) is 2.99. The van der Waals surface area contributed by atoms with Crippen LogP contribution in [0.2, 0.25) is 0 Å². The summed E-state index contributed by atoms with van der Waals surface area (Å²) in [5.41, 5.74) is 0. The van der Waals surface area contributed by atoms with Crippen LogP contribution in [0.1, 0.15) is 32.1 Å². The Labute approximate surface area is 67.6 Å². The van der Waals surface area contributed by atoms with Crippen LogP contribution in [0.15, 0.2) is 0 Å². The van der Waals surface area contributed by atoms with Gasteiger partial charge in [-0.1, -0.05) is 12.8 Å². The first kappa shape index (κ1) is 7.56. The van der Waals surface area contributed by atoms with Crippen LogP contribution in [0.4, 0.5) is 0 Å². The molecule has 1 aliphatic carbocycles. The van der Waals surface area contributed by atoms with Crippen molar-refractivity contribution in [1.82, 2.24) is 0 Å². The van der Waals surface area contributed by atoms with Gasteiger partial charge in [0.15, 0.2) is 0 Å². The lowest BCUT2D eigenvalue weighted by Gasteiger charge is -2.38. The molecule has 1 aliphatic heterocycles. The van der Waals surface area contributed by atoms with Crippen molar-refractivity contribution < 1.29 is 9.84 Å². The van der Waals surface area contributed by atoms with Gasteiger partial charge in [-0.3, -0.25) is 0 Å². The lowest BCUT2D eigenvalue weighted by molar-refractivity contribution is -0.108. The van der Waals surface area contributed by atoms with Crippen molar-refractivity contribution >= 4 is 0 Å². The van der Waals surface area contributed by atoms with Crippen LogP contribution in [0.5, 0.6) is 0 Å². The highest BCUT2D eigenvalue weighted by Crippen LogP contribution is 2.33. The highest BCUT2D eigenvalue weighted by Gasteiger charge is 2.34. The summed E-state index contributed by atoms with van der Waals surface area (Å²) < 4.78 is 5.59. The van der Waals surface area contributed by atoms with Gasteiger partial charge in [-0.05, 0) is 19.3 Å². The van der Waals surface area contributed by atoms with Gasteiger partial charge in [-0.25, -0.2) is 0 Å². The van der Waals surface area contributed by atoms with E-state index in [0.29, 0.717) is 12.0 Å². The van der Waals surface area contributed by atoms with E-state index in [1.807, 2.05) is 0 Å². The van der Waals surface area contributed by atoms with Gasteiger partial charge in [0.25, 0.3) is 0 Å². The Kier molecular flexibility index (Phi) is 2.14. The molecular weight excluding hydrogens is 140 g/mol. The Morgan fingerprint density at radius 2 is 1.91 bits per heavy atom. The number of aliphatic hydroxyl groups is 1. The SMILES string of the molecule is O[C@@H]1CCO[C@H]2CCCC[C@H]12. The molecular formula is C9H16O2. The predicted molar refractivity (Wildman–Crippen MR) is 42.3 cm³/mol. The normalized spacial score (nSPS) is 45.0. The maximum absolute atomic E-state index is 9.62. The molecule has 0 unspecified atom stereocenters. The van der Waals surface area contributed by atoms with Crippen LogP contribution in [0.3, 0.4) is 0 Å². The Bertz CT molecular complexity index is 134. The van der Waals surface area contributed by atoms with Gasteiger partial charge in [0.2, 0.25) is 0 Å². The van der Waals surface area contributed by atoms with E-state index in [4.69, 9.17) is 4.74 Å². The molecule has 0 bridgehead atoms. The Morgan fingerprint density at radius 3 is 2.73 bits per heavy atom. The first-order valence-electron chi connectivity index (χ1n) is 4.67. The van der Waals surface area contributed by atoms with E-state index in [2.05, 4.69) is 0 Å². The van der Waals surface area contributed by atoms with E-state index in [0.717, 1.165) is 13.0 Å². The molecule has 1 heterocycles. The fourth-order valence-electron chi connectivity index (χ4n) is 2.33. The maximum Gasteiger partial charge on any atom is 0.0628 e. The third-order valence-corrected chi connectivity index (χ3v) is 2.99. The van der Waals surface area contributed by atoms with E-state index < -0.39 is 0 Å². The summed E-state index contributed by atoms with van der Waals surface area (Å²) in [6.07, 6.45) is 6.06. The van der Waals surface area contributed by atoms with Gasteiger partial charge < -0.3 is 9.84 Å². The highest BCUT2D eigenvalue weighted by atomic mass is 16.5. The molecule has 0 aromatic carbocycles. The largest absolute Gasteiger partial charge is 0.393 e. The fourth-order valence-corrected chi connectivity index (χ4v) is 2.33. The van der Waals surface area contributed by atoms with Gasteiger partial charge in [-0.15, -0.1) is 0 Å². The molecule has 2 fully saturated rings. The van der Waals surface area contributed by atoms with Gasteiger partial charge in [0.1, 0.15) is 0 Å². The van der Waals surface area contributed by atoms with Crippen molar-refractivity contribution in [1.29, 1.82) is 0 Å². The molecule has 0 radical (unpaired) electrons. The first-order chi connectivity index (χ1) is 5.38. The number of ether oxygens (including phenoxy) is 1. The molecule has 2 heteroatoms. The van der Waals surface area contributed by atoms with E-state index in [-0.39, 0.29) is 6.10 Å². The average molecular weight is 156 g/mol. The van der Waals surface area contributed by atoms with Crippen LogP contribution in [-0.2, 0) is 4.74 Å². The topological polar surface area (TPSA) is 29.5 Å². The van der Waals surface area contributed by atoms with E-state index in [1.165, 1.54) is 25.7 Å². The molecule has 2 aliphatic rings. The third kappa shape index (κ3) is 1.42. The van der Waals surface area contributed by atoms with Gasteiger partial charge in [0.05, 0.1) is 12.2 Å². The number of aliphatic hydroxyl groups excluding tert-OH is 1. The fraction of sp³-hybridized carbons (Fsp3) is 1.00. The quantitative estimate of drug-likeness (QED) is 0.573. The summed E-state index contributed by atoms with van der Waals surface area (Å²) in [7, 11) is 0. The van der Waals surface area contributed by atoms with Crippen molar-refractivity contribution in [3.63, 3.8) is 0 Å². The molecule has 0 amide bonds. The second-order valence-corrected chi connectivity index (χ2v) is 3.71. The van der Waals surface area contributed by atoms with Gasteiger partial charge in [-0.2, -0.15) is 0 Å². The van der Waals surface area contributed by atoms with E-state index >= 15 is 0 Å². The van der Waals surface area contributed by atoms with Crippen LogP contribution in [0.25, 0.3) is 0 Å². The van der Waals surface area contributed by atoms with E-state index in [9.17, 15) is 5.11 Å². The van der Waals surface area contributed by atoms with Crippen LogP contribution >= 0.6 is 0 Å². The minimum atomic E-state index is -0.0750. The molecule has 0 aromatic heterocycles. The lowest BCUT2D eigenvalue weighted by atomic mass is 9.80. The Hall–Kier alpha value is -0.0800. The smallest absolute Gasteiger partial charge is 0.0628 e. The number of fused-ring (bicyclic) bond motifs is 1. The summed E-state index contributed by atoms with van der Waals surface area (Å²) in [6.45, 7) is 0.766. The zero-order valence-corrected chi connectivity index (χ0v) is 6.83. The number of hydrogen-bond acceptors (Lipinski definition) is 2. The molecule has 11 heavy (non-hydrogen) atoms. The number of rotatable bonds is 0. The first-order valence-corrected chi connectivity index (χ1v) is 4.67. The number of hydrogen-bond donors (Lipinski definition) is 1. The molecule has 64 valence electrons. The van der Waals surface area contributed by atoms with Gasteiger partial charge in [0, 0.05) is 12.5 Å². The second kappa shape index (κ2) is 3.11. The van der Waals surface area contributed by atoms with Gasteiger partial charge >= 0.3 is 0 Å². The van der Waals surface area contributed by atoms with Crippen LogP contribution < -0.4 is 0 Å². The summed E-state index contributed by atoms with van der Waals surface area (Å²) >= 11 is 0. The molecule has 3 atom stereocenters. The second-order valence-electron chi connectivity index (χ2n) is 3.71. The van der Waals surface area contributed by atoms with Crippen molar-refractivity contribution in [2.45, 2.75) is 44.3 Å². The average Bonchev–Trinajstić information content (AvgIpc) is 2.06. The minimum Gasteiger partial charge on any atom is -0.393 e. The molecule has 0 aromatic rings. The highest BCUT2D eigenvalue weighted by molar-refractivity contribution is 4.84. The standard InChI is InChI=1S/C9H16O2/c10-8-5-6-11-9-4-2-1-3-7(8)9/h7-10H,1-6H2/t7-,8-,9+/m1/s1. The molecule has 2 nitrogen and oxygen atoms in total. The lowest BCUT2D eigenvalue weighted by Crippen LogP contribution is -2.41. The molecule has 2 rings (SSSR count). The maximum atomic E-state index is 9.62. The Morgan fingerprint density at radius 1 is 1.09 bits per heavy atom. The van der Waals surface area contributed by atoms with Crippen molar-refractivity contribution in [2.75, 3.05) is 6.61 Å².